The van der Waals surface area contributed by atoms with E-state index in [-0.39, 0.29) is 0 Å². The van der Waals surface area contributed by atoms with E-state index < -0.39 is 11.7 Å². The topological polar surface area (TPSA) is 39.4 Å². The SMILES string of the molecule is CC(C)COc1nn2cc(-c3ccc(C(F)(F)F)cc3)nc2s1. The maximum absolute atomic E-state index is 12.6. The Morgan fingerprint density at radius 1 is 1.22 bits per heavy atom. The Hall–Kier alpha value is -2.09. The molecule has 0 saturated carbocycles. The Morgan fingerprint density at radius 2 is 1.91 bits per heavy atom. The lowest BCUT2D eigenvalue weighted by Gasteiger charge is -2.06. The molecule has 3 aromatic rings. The molecular formula is C15H14F3N3OS. The molecule has 2 aromatic heterocycles. The van der Waals surface area contributed by atoms with Crippen LogP contribution in [0.2, 0.25) is 0 Å². The van der Waals surface area contributed by atoms with Gasteiger partial charge >= 0.3 is 6.18 Å². The summed E-state index contributed by atoms with van der Waals surface area (Å²) in [6.45, 7) is 4.66. The molecule has 3 rings (SSSR count). The van der Waals surface area contributed by atoms with Gasteiger partial charge in [0.25, 0.3) is 5.19 Å². The van der Waals surface area contributed by atoms with Gasteiger partial charge in [0.15, 0.2) is 0 Å². The molecule has 0 radical (unpaired) electrons. The Kier molecular flexibility index (Phi) is 4.01. The standard InChI is InChI=1S/C15H14F3N3OS/c1-9(2)8-22-14-20-21-7-12(19-13(21)23-14)10-3-5-11(6-4-10)15(16,17)18/h3-7,9H,8H2,1-2H3. The number of hydrogen-bond donors (Lipinski definition) is 0. The van der Waals surface area contributed by atoms with Gasteiger partial charge in [0, 0.05) is 5.56 Å². The quantitative estimate of drug-likeness (QED) is 0.701. The molecule has 0 unspecified atom stereocenters. The summed E-state index contributed by atoms with van der Waals surface area (Å²) in [4.78, 5) is 5.02. The van der Waals surface area contributed by atoms with Crippen molar-refractivity contribution in [3.63, 3.8) is 0 Å². The summed E-state index contributed by atoms with van der Waals surface area (Å²) in [5.74, 6) is 0.397. The smallest absolute Gasteiger partial charge is 0.416 e. The summed E-state index contributed by atoms with van der Waals surface area (Å²) < 4.78 is 44.8. The molecule has 0 saturated heterocycles. The van der Waals surface area contributed by atoms with E-state index in [9.17, 15) is 13.2 Å². The first-order valence-electron chi connectivity index (χ1n) is 6.99. The van der Waals surface area contributed by atoms with Crippen molar-refractivity contribution >= 4 is 16.3 Å². The van der Waals surface area contributed by atoms with Crippen molar-refractivity contribution in [2.45, 2.75) is 20.0 Å². The lowest BCUT2D eigenvalue weighted by molar-refractivity contribution is -0.137. The molecule has 0 atom stereocenters. The second-order valence-electron chi connectivity index (χ2n) is 5.50. The predicted octanol–water partition coefficient (Wildman–Crippen LogP) is 4.51. The summed E-state index contributed by atoms with van der Waals surface area (Å²) in [5, 5.41) is 4.79. The van der Waals surface area contributed by atoms with Crippen LogP contribution < -0.4 is 4.74 Å². The highest BCUT2D eigenvalue weighted by atomic mass is 32.1. The molecule has 0 N–H and O–H groups in total. The maximum Gasteiger partial charge on any atom is 0.416 e. The number of alkyl halides is 3. The highest BCUT2D eigenvalue weighted by Gasteiger charge is 2.30. The van der Waals surface area contributed by atoms with Crippen molar-refractivity contribution in [2.75, 3.05) is 6.61 Å². The first kappa shape index (κ1) is 15.8. The van der Waals surface area contributed by atoms with Crippen molar-refractivity contribution in [1.82, 2.24) is 14.6 Å². The first-order chi connectivity index (χ1) is 10.8. The highest BCUT2D eigenvalue weighted by molar-refractivity contribution is 7.18. The third kappa shape index (κ3) is 3.47. The molecular weight excluding hydrogens is 327 g/mol. The van der Waals surface area contributed by atoms with Crippen LogP contribution in [0.3, 0.4) is 0 Å². The number of ether oxygens (including phenoxy) is 1. The number of hydrogen-bond acceptors (Lipinski definition) is 4. The number of halogens is 3. The van der Waals surface area contributed by atoms with E-state index in [1.165, 1.54) is 23.5 Å². The minimum Gasteiger partial charge on any atom is -0.469 e. The van der Waals surface area contributed by atoms with Crippen molar-refractivity contribution in [3.05, 3.63) is 36.0 Å². The molecule has 0 aliphatic rings. The molecule has 0 bridgehead atoms. The molecule has 0 aliphatic heterocycles. The Balaban J connectivity index is 1.82. The lowest BCUT2D eigenvalue weighted by atomic mass is 10.1. The van der Waals surface area contributed by atoms with Crippen molar-refractivity contribution in [3.8, 4) is 16.5 Å². The normalized spacial score (nSPS) is 12.3. The van der Waals surface area contributed by atoms with E-state index in [1.807, 2.05) is 13.8 Å². The van der Waals surface area contributed by atoms with Gasteiger partial charge in [0.2, 0.25) is 4.96 Å². The molecule has 0 amide bonds. The monoisotopic (exact) mass is 341 g/mol. The van der Waals surface area contributed by atoms with Gasteiger partial charge < -0.3 is 4.74 Å². The largest absolute Gasteiger partial charge is 0.469 e. The van der Waals surface area contributed by atoms with Crippen LogP contribution >= 0.6 is 11.3 Å². The minimum absolute atomic E-state index is 0.397. The van der Waals surface area contributed by atoms with Crippen LogP contribution in [-0.4, -0.2) is 21.2 Å². The van der Waals surface area contributed by atoms with Crippen molar-refractivity contribution < 1.29 is 17.9 Å². The Morgan fingerprint density at radius 3 is 2.48 bits per heavy atom. The van der Waals surface area contributed by atoms with Gasteiger partial charge in [-0.25, -0.2) is 9.50 Å². The summed E-state index contributed by atoms with van der Waals surface area (Å²) in [5.41, 5.74) is 0.512. The van der Waals surface area contributed by atoms with E-state index in [2.05, 4.69) is 10.1 Å². The van der Waals surface area contributed by atoms with Crippen LogP contribution in [-0.2, 0) is 6.18 Å². The molecule has 0 aliphatic carbocycles. The number of nitrogens with zero attached hydrogens (tertiary/aromatic N) is 3. The van der Waals surface area contributed by atoms with Gasteiger partial charge in [0.05, 0.1) is 24.1 Å². The number of imidazole rings is 1. The van der Waals surface area contributed by atoms with Gasteiger partial charge in [0.1, 0.15) is 0 Å². The third-order valence-electron chi connectivity index (χ3n) is 3.07. The fraction of sp³-hybridized carbons (Fsp3) is 0.333. The molecule has 1 aromatic carbocycles. The highest BCUT2D eigenvalue weighted by Crippen LogP contribution is 2.31. The molecule has 0 fully saturated rings. The van der Waals surface area contributed by atoms with Crippen molar-refractivity contribution in [2.24, 2.45) is 5.92 Å². The fourth-order valence-corrected chi connectivity index (χ4v) is 2.69. The van der Waals surface area contributed by atoms with Crippen LogP contribution in [0.4, 0.5) is 13.2 Å². The van der Waals surface area contributed by atoms with Gasteiger partial charge in [-0.1, -0.05) is 26.0 Å². The van der Waals surface area contributed by atoms with Gasteiger partial charge in [-0.3, -0.25) is 0 Å². The number of benzene rings is 1. The average molecular weight is 341 g/mol. The zero-order chi connectivity index (χ0) is 16.6. The van der Waals surface area contributed by atoms with E-state index in [1.54, 1.807) is 10.7 Å². The van der Waals surface area contributed by atoms with E-state index in [0.717, 1.165) is 12.1 Å². The average Bonchev–Trinajstić information content (AvgIpc) is 3.02. The fourth-order valence-electron chi connectivity index (χ4n) is 1.95. The maximum atomic E-state index is 12.6. The van der Waals surface area contributed by atoms with E-state index >= 15 is 0 Å². The molecule has 4 nitrogen and oxygen atoms in total. The molecule has 122 valence electrons. The van der Waals surface area contributed by atoms with Crippen LogP contribution in [0, 0.1) is 5.92 Å². The van der Waals surface area contributed by atoms with Gasteiger partial charge in [-0.15, -0.1) is 5.10 Å². The second kappa shape index (κ2) is 5.84. The molecule has 8 heteroatoms. The van der Waals surface area contributed by atoms with E-state index in [4.69, 9.17) is 4.74 Å². The third-order valence-corrected chi connectivity index (χ3v) is 3.91. The zero-order valence-corrected chi connectivity index (χ0v) is 13.3. The number of fused-ring (bicyclic) bond motifs is 1. The summed E-state index contributed by atoms with van der Waals surface area (Å²) in [6.07, 6.45) is -2.66. The minimum atomic E-state index is -4.34. The molecule has 2 heterocycles. The second-order valence-corrected chi connectivity index (χ2v) is 6.42. The zero-order valence-electron chi connectivity index (χ0n) is 12.5. The van der Waals surface area contributed by atoms with Crippen LogP contribution in [0.25, 0.3) is 16.2 Å². The first-order valence-corrected chi connectivity index (χ1v) is 7.81. The molecule has 23 heavy (non-hydrogen) atoms. The predicted molar refractivity (Wildman–Crippen MR) is 81.6 cm³/mol. The summed E-state index contributed by atoms with van der Waals surface area (Å²) in [7, 11) is 0. The molecule has 0 spiro atoms. The van der Waals surface area contributed by atoms with Crippen LogP contribution in [0.5, 0.6) is 5.19 Å². The van der Waals surface area contributed by atoms with Crippen LogP contribution in [0.15, 0.2) is 30.5 Å². The van der Waals surface area contributed by atoms with Crippen LogP contribution in [0.1, 0.15) is 19.4 Å². The Bertz CT molecular complexity index is 774. The Labute approximate surface area is 134 Å². The summed E-state index contributed by atoms with van der Waals surface area (Å²) >= 11 is 1.30. The van der Waals surface area contributed by atoms with Gasteiger partial charge in [-0.2, -0.15) is 13.2 Å². The van der Waals surface area contributed by atoms with Gasteiger partial charge in [-0.05, 0) is 29.4 Å². The number of aromatic nitrogens is 3. The number of rotatable bonds is 4. The lowest BCUT2D eigenvalue weighted by Crippen LogP contribution is -2.04. The van der Waals surface area contributed by atoms with E-state index in [0.29, 0.717) is 33.9 Å². The van der Waals surface area contributed by atoms with Crippen molar-refractivity contribution in [1.29, 1.82) is 0 Å². The summed E-state index contributed by atoms with van der Waals surface area (Å²) in [6, 6.07) is 4.91.